The Labute approximate surface area is 226 Å². The van der Waals surface area contributed by atoms with Crippen LogP contribution >= 0.6 is 0 Å². The van der Waals surface area contributed by atoms with Gasteiger partial charge < -0.3 is 26.0 Å². The molecule has 204 valence electrons. The quantitative estimate of drug-likeness (QED) is 0.167. The number of rotatable bonds is 8. The van der Waals surface area contributed by atoms with Crippen LogP contribution in [0, 0.1) is 11.3 Å². The summed E-state index contributed by atoms with van der Waals surface area (Å²) in [7, 11) is -4.03. The summed E-state index contributed by atoms with van der Waals surface area (Å²) >= 11 is 0. The van der Waals surface area contributed by atoms with Crippen LogP contribution in [0.2, 0.25) is 0 Å². The highest BCUT2D eigenvalue weighted by atomic mass is 32.2. The first kappa shape index (κ1) is 26.4. The molecule has 0 aliphatic carbocycles. The molecule has 1 aromatic heterocycles. The van der Waals surface area contributed by atoms with E-state index in [0.717, 1.165) is 35.7 Å². The van der Waals surface area contributed by atoms with E-state index in [9.17, 15) is 18.3 Å². The van der Waals surface area contributed by atoms with E-state index in [-0.39, 0.29) is 35.4 Å². The Morgan fingerprint density at radius 3 is 2.59 bits per heavy atom. The number of amides is 1. The Bertz CT molecular complexity index is 1680. The second-order valence-corrected chi connectivity index (χ2v) is 11.7. The number of benzene rings is 3. The molecule has 1 saturated heterocycles. The highest BCUT2D eigenvalue weighted by Crippen LogP contribution is 2.35. The van der Waals surface area contributed by atoms with Gasteiger partial charge >= 0.3 is 0 Å². The molecule has 1 amide bonds. The first-order valence-electron chi connectivity index (χ1n) is 12.9. The van der Waals surface area contributed by atoms with Crippen LogP contribution in [0.1, 0.15) is 24.8 Å². The zero-order chi connectivity index (χ0) is 27.7. The molecule has 0 unspecified atom stereocenters. The molecule has 0 radical (unpaired) electrons. The number of likely N-dealkylation sites (tertiary alicyclic amines) is 1. The number of aryl methyl sites for hydroxylation is 1. The third-order valence-corrected chi connectivity index (χ3v) is 8.67. The van der Waals surface area contributed by atoms with Crippen molar-refractivity contribution >= 4 is 49.4 Å². The van der Waals surface area contributed by atoms with Gasteiger partial charge in [-0.05, 0) is 66.3 Å². The number of hydrogen-bond donors (Lipinski definition) is 5. The van der Waals surface area contributed by atoms with E-state index in [1.54, 1.807) is 24.3 Å². The average molecular weight is 549 g/mol. The number of guanidine groups is 1. The minimum atomic E-state index is -4.03. The van der Waals surface area contributed by atoms with E-state index in [1.807, 2.05) is 33.7 Å². The number of aromatic hydroxyl groups is 1. The molecule has 3 aromatic carbocycles. The predicted molar refractivity (Wildman–Crippen MR) is 152 cm³/mol. The van der Waals surface area contributed by atoms with Gasteiger partial charge in [0, 0.05) is 42.5 Å². The van der Waals surface area contributed by atoms with Crippen molar-refractivity contribution < 1.29 is 18.3 Å². The van der Waals surface area contributed by atoms with Crippen LogP contribution in [0.25, 0.3) is 21.7 Å². The van der Waals surface area contributed by atoms with Gasteiger partial charge in [-0.15, -0.1) is 0 Å². The van der Waals surface area contributed by atoms with Crippen molar-refractivity contribution in [2.24, 2.45) is 17.4 Å². The van der Waals surface area contributed by atoms with Gasteiger partial charge in [0.2, 0.25) is 5.91 Å². The topological polar surface area (TPSA) is 168 Å². The summed E-state index contributed by atoms with van der Waals surface area (Å²) in [5, 5.41) is 19.9. The molecule has 5 rings (SSSR count). The van der Waals surface area contributed by atoms with Gasteiger partial charge in [0.05, 0.1) is 4.90 Å². The number of nitrogens with two attached hydrogens (primary N) is 2. The molecule has 1 aliphatic heterocycles. The van der Waals surface area contributed by atoms with Gasteiger partial charge in [-0.1, -0.05) is 30.3 Å². The Balaban J connectivity index is 1.59. The summed E-state index contributed by atoms with van der Waals surface area (Å²) in [5.74, 6) is 0.209. The molecule has 11 heteroatoms. The number of piperidine rings is 1. The Hall–Kier alpha value is -4.25. The largest absolute Gasteiger partial charge is 0.508 e. The predicted octanol–water partition coefficient (Wildman–Crippen LogP) is 3.32. The van der Waals surface area contributed by atoms with Crippen LogP contribution in [-0.4, -0.2) is 47.9 Å². The molecule has 39 heavy (non-hydrogen) atoms. The minimum Gasteiger partial charge on any atom is -0.508 e. The van der Waals surface area contributed by atoms with E-state index in [4.69, 9.17) is 16.9 Å². The fourth-order valence-corrected chi connectivity index (χ4v) is 6.57. The monoisotopic (exact) mass is 548 g/mol. The number of nitrogens with one attached hydrogen (secondary N) is 2. The lowest BCUT2D eigenvalue weighted by Gasteiger charge is -2.33. The van der Waals surface area contributed by atoms with Gasteiger partial charge in [-0.25, -0.2) is 8.42 Å². The van der Waals surface area contributed by atoms with E-state index in [0.29, 0.717) is 29.9 Å². The van der Waals surface area contributed by atoms with Crippen molar-refractivity contribution in [3.8, 4) is 5.75 Å². The molecule has 1 atom stereocenters. The second-order valence-electron chi connectivity index (χ2n) is 10.1. The number of carbonyl (C=O) groups is 1. The van der Waals surface area contributed by atoms with E-state index in [1.165, 1.54) is 12.1 Å². The number of fused-ring (bicyclic) bond motifs is 2. The summed E-state index contributed by atoms with van der Waals surface area (Å²) in [4.78, 5) is 13.6. The molecule has 10 nitrogen and oxygen atoms in total. The molecular formula is C28H32N6O4S. The summed E-state index contributed by atoms with van der Waals surface area (Å²) in [5.41, 5.74) is 12.8. The number of nitrogens with zero attached hydrogens (tertiary/aromatic N) is 2. The summed E-state index contributed by atoms with van der Waals surface area (Å²) < 4.78 is 32.3. The van der Waals surface area contributed by atoms with Crippen molar-refractivity contribution in [1.82, 2.24) is 9.47 Å². The van der Waals surface area contributed by atoms with Crippen LogP contribution in [0.15, 0.2) is 65.6 Å². The van der Waals surface area contributed by atoms with Crippen molar-refractivity contribution in [2.75, 3.05) is 17.8 Å². The lowest BCUT2D eigenvalue weighted by atomic mass is 9.98. The number of phenols is 1. The Kier molecular flexibility index (Phi) is 7.09. The fourth-order valence-electron chi connectivity index (χ4n) is 5.44. The number of para-hydroxylation sites is 1. The lowest BCUT2D eigenvalue weighted by Crippen LogP contribution is -2.44. The lowest BCUT2D eigenvalue weighted by molar-refractivity contribution is -0.117. The fraction of sp³-hybridized carbons (Fsp3) is 0.286. The van der Waals surface area contributed by atoms with Crippen LogP contribution in [0.5, 0.6) is 5.75 Å². The number of primary amides is 1. The third-order valence-electron chi connectivity index (χ3n) is 7.33. The Morgan fingerprint density at radius 2 is 1.82 bits per heavy atom. The van der Waals surface area contributed by atoms with E-state index in [2.05, 4.69) is 4.72 Å². The standard InChI is InChI=1S/C28H32N6O4S/c29-26(36)12-11-24-23-5-1-2-6-25(23)34(17-18-4-3-13-33(16-18)28(30)31)27(24)32-39(37,38)22-10-8-19-14-21(35)9-7-20(19)15-22/h1-2,5-10,14-15,18,32,35H,3-4,11-13,16-17H2,(H2,29,36)(H3,30,31)/t18-/m1/s1. The second kappa shape index (κ2) is 10.5. The maximum Gasteiger partial charge on any atom is 0.263 e. The van der Waals surface area contributed by atoms with Gasteiger partial charge in [0.1, 0.15) is 11.6 Å². The van der Waals surface area contributed by atoms with Crippen molar-refractivity contribution in [3.05, 3.63) is 66.2 Å². The number of carbonyl (C=O) groups excluding carboxylic acids is 1. The molecule has 0 saturated carbocycles. The zero-order valence-electron chi connectivity index (χ0n) is 21.4. The number of sulfonamides is 1. The molecule has 7 N–H and O–H groups in total. The van der Waals surface area contributed by atoms with Crippen molar-refractivity contribution in [1.29, 1.82) is 5.41 Å². The number of hydrogen-bond acceptors (Lipinski definition) is 5. The van der Waals surface area contributed by atoms with Crippen LogP contribution < -0.4 is 16.2 Å². The third kappa shape index (κ3) is 5.49. The van der Waals surface area contributed by atoms with Gasteiger partial charge in [-0.2, -0.15) is 0 Å². The van der Waals surface area contributed by atoms with E-state index < -0.39 is 15.9 Å². The zero-order valence-corrected chi connectivity index (χ0v) is 22.2. The van der Waals surface area contributed by atoms with Crippen molar-refractivity contribution in [2.45, 2.75) is 37.1 Å². The molecule has 0 bridgehead atoms. The molecule has 2 heterocycles. The molecular weight excluding hydrogens is 516 g/mol. The van der Waals surface area contributed by atoms with Crippen LogP contribution in [0.4, 0.5) is 5.82 Å². The maximum absolute atomic E-state index is 13.7. The highest BCUT2D eigenvalue weighted by molar-refractivity contribution is 7.92. The average Bonchev–Trinajstić information content (AvgIpc) is 3.18. The summed E-state index contributed by atoms with van der Waals surface area (Å²) in [6.45, 7) is 1.83. The number of anilines is 1. The SMILES string of the molecule is N=C(N)N1CCC[C@@H](Cn2c(NS(=O)(=O)c3ccc4cc(O)ccc4c3)c(CCC(N)=O)c3ccccc32)C1. The van der Waals surface area contributed by atoms with Gasteiger partial charge in [0.25, 0.3) is 10.0 Å². The smallest absolute Gasteiger partial charge is 0.263 e. The molecule has 0 spiro atoms. The molecule has 1 aliphatic rings. The normalized spacial score (nSPS) is 16.0. The first-order chi connectivity index (χ1) is 18.6. The number of phenolic OH excluding ortho intramolecular Hbond substituents is 1. The van der Waals surface area contributed by atoms with Crippen molar-refractivity contribution in [3.63, 3.8) is 0 Å². The molecule has 1 fully saturated rings. The van der Waals surface area contributed by atoms with Gasteiger partial charge in [-0.3, -0.25) is 14.9 Å². The van der Waals surface area contributed by atoms with Gasteiger partial charge in [0.15, 0.2) is 5.96 Å². The maximum atomic E-state index is 13.7. The Morgan fingerprint density at radius 1 is 1.08 bits per heavy atom. The van der Waals surface area contributed by atoms with Crippen LogP contribution in [0.3, 0.4) is 0 Å². The molecule has 4 aromatic rings. The minimum absolute atomic E-state index is 0.0322. The highest BCUT2D eigenvalue weighted by Gasteiger charge is 2.27. The number of aromatic nitrogens is 1. The first-order valence-corrected chi connectivity index (χ1v) is 14.3. The van der Waals surface area contributed by atoms with Crippen LogP contribution in [-0.2, 0) is 27.8 Å². The van der Waals surface area contributed by atoms with E-state index >= 15 is 0 Å². The summed E-state index contributed by atoms with van der Waals surface area (Å²) in [6, 6.07) is 17.1. The summed E-state index contributed by atoms with van der Waals surface area (Å²) in [6.07, 6.45) is 2.15.